The van der Waals surface area contributed by atoms with Crippen molar-refractivity contribution in [3.63, 3.8) is 0 Å². The Morgan fingerprint density at radius 3 is 2.74 bits per heavy atom. The first-order chi connectivity index (χ1) is 13.0. The fraction of sp³-hybridized carbons (Fsp3) is 0.421. The summed E-state index contributed by atoms with van der Waals surface area (Å²) >= 11 is 1.10. The zero-order valence-electron chi connectivity index (χ0n) is 15.3. The van der Waals surface area contributed by atoms with E-state index in [2.05, 4.69) is 10.4 Å². The van der Waals surface area contributed by atoms with Crippen LogP contribution in [0.5, 0.6) is 5.75 Å². The van der Waals surface area contributed by atoms with Crippen molar-refractivity contribution in [2.75, 3.05) is 26.2 Å². The summed E-state index contributed by atoms with van der Waals surface area (Å²) < 4.78 is 1.71. The number of amidine groups is 1. The lowest BCUT2D eigenvalue weighted by Gasteiger charge is -2.53. The summed E-state index contributed by atoms with van der Waals surface area (Å²) in [6.45, 7) is 3.87. The zero-order valence-corrected chi connectivity index (χ0v) is 16.1. The maximum absolute atomic E-state index is 10.4. The molecule has 0 radical (unpaired) electrons. The van der Waals surface area contributed by atoms with Gasteiger partial charge in [-0.2, -0.15) is 5.10 Å². The SMILES string of the molecule is Cn1cc(-c2ccc(C(=N)SC(=N)N3CC4(CCCNC4)C3)c(O)c2)cn1. The Balaban J connectivity index is 1.39. The number of rotatable bonds is 2. The molecule has 1 aromatic carbocycles. The lowest BCUT2D eigenvalue weighted by Crippen LogP contribution is -2.63. The molecular weight excluding hydrogens is 360 g/mol. The molecule has 8 heteroatoms. The van der Waals surface area contributed by atoms with Gasteiger partial charge in [0, 0.05) is 49.4 Å². The van der Waals surface area contributed by atoms with Crippen molar-refractivity contribution in [2.45, 2.75) is 12.8 Å². The molecule has 2 aliphatic heterocycles. The van der Waals surface area contributed by atoms with Crippen molar-refractivity contribution in [3.8, 4) is 16.9 Å². The average molecular weight is 385 g/mol. The molecule has 4 rings (SSSR count). The Morgan fingerprint density at radius 2 is 2.11 bits per heavy atom. The largest absolute Gasteiger partial charge is 0.507 e. The first kappa shape index (κ1) is 18.1. The Bertz CT molecular complexity index is 878. The second kappa shape index (κ2) is 7.01. The second-order valence-electron chi connectivity index (χ2n) is 7.51. The molecule has 4 N–H and O–H groups in total. The van der Waals surface area contributed by atoms with E-state index in [9.17, 15) is 5.11 Å². The van der Waals surface area contributed by atoms with Crippen LogP contribution in [-0.2, 0) is 7.05 Å². The number of hydrogen-bond acceptors (Lipinski definition) is 6. The lowest BCUT2D eigenvalue weighted by molar-refractivity contribution is 0.0355. The van der Waals surface area contributed by atoms with E-state index >= 15 is 0 Å². The molecule has 2 aromatic rings. The van der Waals surface area contributed by atoms with Crippen molar-refractivity contribution in [2.24, 2.45) is 12.5 Å². The number of thioether (sulfide) groups is 1. The van der Waals surface area contributed by atoms with E-state index in [1.165, 1.54) is 12.8 Å². The second-order valence-corrected chi connectivity index (χ2v) is 8.51. The predicted octanol–water partition coefficient (Wildman–Crippen LogP) is 2.47. The minimum atomic E-state index is 0.0539. The summed E-state index contributed by atoms with van der Waals surface area (Å²) in [5.41, 5.74) is 2.53. The summed E-state index contributed by atoms with van der Waals surface area (Å²) in [6, 6.07) is 5.26. The molecule has 1 aromatic heterocycles. The fourth-order valence-electron chi connectivity index (χ4n) is 3.90. The average Bonchev–Trinajstić information content (AvgIpc) is 3.06. The Hall–Kier alpha value is -2.32. The van der Waals surface area contributed by atoms with Crippen molar-refractivity contribution in [1.29, 1.82) is 10.8 Å². The van der Waals surface area contributed by atoms with Gasteiger partial charge in [0.05, 0.1) is 6.20 Å². The minimum Gasteiger partial charge on any atom is -0.507 e. The van der Waals surface area contributed by atoms with E-state index in [1.807, 2.05) is 24.2 Å². The van der Waals surface area contributed by atoms with E-state index in [-0.39, 0.29) is 10.8 Å². The van der Waals surface area contributed by atoms with Crippen LogP contribution >= 0.6 is 11.8 Å². The van der Waals surface area contributed by atoms with Gasteiger partial charge >= 0.3 is 0 Å². The van der Waals surface area contributed by atoms with Crippen LogP contribution in [0.15, 0.2) is 30.6 Å². The van der Waals surface area contributed by atoms with E-state index in [0.29, 0.717) is 16.1 Å². The summed E-state index contributed by atoms with van der Waals surface area (Å²) in [6.07, 6.45) is 6.03. The van der Waals surface area contributed by atoms with Gasteiger partial charge in [0.15, 0.2) is 5.17 Å². The van der Waals surface area contributed by atoms with Gasteiger partial charge in [-0.05, 0) is 48.8 Å². The number of nitrogens with one attached hydrogen (secondary N) is 3. The first-order valence-corrected chi connectivity index (χ1v) is 9.90. The molecule has 0 aliphatic carbocycles. The third-order valence-electron chi connectivity index (χ3n) is 5.38. The van der Waals surface area contributed by atoms with E-state index < -0.39 is 0 Å². The van der Waals surface area contributed by atoms with Crippen LogP contribution in [0.2, 0.25) is 0 Å². The van der Waals surface area contributed by atoms with Gasteiger partial charge in [0.25, 0.3) is 0 Å². The molecule has 2 aliphatic rings. The van der Waals surface area contributed by atoms with Crippen molar-refractivity contribution >= 4 is 22.0 Å². The highest BCUT2D eigenvalue weighted by atomic mass is 32.2. The molecule has 0 atom stereocenters. The van der Waals surface area contributed by atoms with Gasteiger partial charge in [-0.15, -0.1) is 0 Å². The molecule has 27 heavy (non-hydrogen) atoms. The number of aromatic hydroxyl groups is 1. The van der Waals surface area contributed by atoms with Crippen molar-refractivity contribution < 1.29 is 5.11 Å². The highest BCUT2D eigenvalue weighted by Gasteiger charge is 2.44. The minimum absolute atomic E-state index is 0.0539. The molecule has 0 saturated carbocycles. The normalized spacial score (nSPS) is 18.3. The van der Waals surface area contributed by atoms with Gasteiger partial charge in [0.1, 0.15) is 10.8 Å². The summed E-state index contributed by atoms with van der Waals surface area (Å²) in [7, 11) is 1.85. The monoisotopic (exact) mass is 384 g/mol. The van der Waals surface area contributed by atoms with Crippen LogP contribution in [0.25, 0.3) is 11.1 Å². The number of phenolic OH excluding ortho intramolecular Hbond substituents is 1. The molecule has 2 saturated heterocycles. The lowest BCUT2D eigenvalue weighted by atomic mass is 9.74. The van der Waals surface area contributed by atoms with Gasteiger partial charge in [-0.1, -0.05) is 6.07 Å². The number of aryl methyl sites for hydroxylation is 1. The van der Waals surface area contributed by atoms with Gasteiger partial charge in [-0.25, -0.2) is 0 Å². The van der Waals surface area contributed by atoms with Gasteiger partial charge < -0.3 is 15.3 Å². The Kier molecular flexibility index (Phi) is 4.69. The van der Waals surface area contributed by atoms with E-state index in [4.69, 9.17) is 10.8 Å². The van der Waals surface area contributed by atoms with Gasteiger partial charge in [0.2, 0.25) is 0 Å². The maximum atomic E-state index is 10.4. The van der Waals surface area contributed by atoms with Crippen LogP contribution in [-0.4, -0.2) is 56.2 Å². The summed E-state index contributed by atoms with van der Waals surface area (Å²) in [5.74, 6) is 0.0539. The van der Waals surface area contributed by atoms with Crippen LogP contribution in [0, 0.1) is 16.2 Å². The smallest absolute Gasteiger partial charge is 0.162 e. The third-order valence-corrected chi connectivity index (χ3v) is 6.26. The standard InChI is InChI=1S/C19H24N6OS/c1-24-9-14(8-23-24)13-3-4-15(16(26)7-13)17(20)27-18(21)25-11-19(12-25)5-2-6-22-10-19/h3-4,7-9,20-22,26H,2,5-6,10-12H2,1H3. The molecular formula is C19H24N6OS. The molecule has 0 amide bonds. The van der Waals surface area contributed by atoms with Crippen LogP contribution in [0.4, 0.5) is 0 Å². The highest BCUT2D eigenvalue weighted by Crippen LogP contribution is 2.38. The summed E-state index contributed by atoms with van der Waals surface area (Å²) in [5, 5.41) is 35.2. The molecule has 0 unspecified atom stereocenters. The quantitative estimate of drug-likeness (QED) is 0.471. The third kappa shape index (κ3) is 3.59. The number of benzene rings is 1. The summed E-state index contributed by atoms with van der Waals surface area (Å²) in [4.78, 5) is 2.02. The number of piperidine rings is 1. The number of likely N-dealkylation sites (tertiary alicyclic amines) is 1. The van der Waals surface area contributed by atoms with Crippen LogP contribution < -0.4 is 5.32 Å². The zero-order chi connectivity index (χ0) is 19.0. The highest BCUT2D eigenvalue weighted by molar-refractivity contribution is 8.26. The topological polar surface area (TPSA) is 101 Å². The maximum Gasteiger partial charge on any atom is 0.162 e. The first-order valence-electron chi connectivity index (χ1n) is 9.09. The Morgan fingerprint density at radius 1 is 1.30 bits per heavy atom. The molecule has 142 valence electrons. The number of nitrogens with zero attached hydrogens (tertiary/aromatic N) is 3. The number of aromatic nitrogens is 2. The number of hydrogen-bond donors (Lipinski definition) is 4. The molecule has 1 spiro atoms. The Labute approximate surface area is 162 Å². The molecule has 7 nitrogen and oxygen atoms in total. The van der Waals surface area contributed by atoms with Crippen LogP contribution in [0.1, 0.15) is 18.4 Å². The van der Waals surface area contributed by atoms with Crippen molar-refractivity contribution in [3.05, 3.63) is 36.2 Å². The molecule has 2 fully saturated rings. The molecule has 3 heterocycles. The predicted molar refractivity (Wildman–Crippen MR) is 109 cm³/mol. The fourth-order valence-corrected chi connectivity index (χ4v) is 4.63. The van der Waals surface area contributed by atoms with Gasteiger partial charge in [-0.3, -0.25) is 15.5 Å². The van der Waals surface area contributed by atoms with Crippen LogP contribution in [0.3, 0.4) is 0 Å². The number of phenols is 1. The van der Waals surface area contributed by atoms with E-state index in [0.717, 1.165) is 49.1 Å². The van der Waals surface area contributed by atoms with Crippen molar-refractivity contribution in [1.82, 2.24) is 20.0 Å². The van der Waals surface area contributed by atoms with E-state index in [1.54, 1.807) is 23.0 Å². The molecule has 0 bridgehead atoms.